The summed E-state index contributed by atoms with van der Waals surface area (Å²) in [7, 11) is 0. The molecule has 21 heavy (non-hydrogen) atoms. The van der Waals surface area contributed by atoms with Crippen molar-refractivity contribution in [1.29, 1.82) is 0 Å². The van der Waals surface area contributed by atoms with Crippen LogP contribution < -0.4 is 5.32 Å². The van der Waals surface area contributed by atoms with Crippen LogP contribution in [-0.2, 0) is 9.59 Å². The van der Waals surface area contributed by atoms with Crippen LogP contribution in [0.15, 0.2) is 12.7 Å². The van der Waals surface area contributed by atoms with Gasteiger partial charge in [0, 0.05) is 38.6 Å². The molecule has 0 aromatic carbocycles. The molecule has 0 aromatic rings. The lowest BCUT2D eigenvalue weighted by Crippen LogP contribution is -2.50. The molecular formula is C14H21N3O4. The van der Waals surface area contributed by atoms with Crippen LogP contribution in [0.25, 0.3) is 0 Å². The Morgan fingerprint density at radius 1 is 1.38 bits per heavy atom. The van der Waals surface area contributed by atoms with Gasteiger partial charge in [-0.25, -0.2) is 4.79 Å². The number of nitrogens with zero attached hydrogens (tertiary/aromatic N) is 2. The lowest BCUT2D eigenvalue weighted by Gasteiger charge is -2.36. The van der Waals surface area contributed by atoms with E-state index in [4.69, 9.17) is 5.11 Å². The molecule has 3 amide bonds. The van der Waals surface area contributed by atoms with Gasteiger partial charge in [-0.2, -0.15) is 0 Å². The minimum Gasteiger partial charge on any atom is -0.481 e. The molecule has 2 saturated heterocycles. The summed E-state index contributed by atoms with van der Waals surface area (Å²) < 4.78 is 0. The Morgan fingerprint density at radius 2 is 2.05 bits per heavy atom. The van der Waals surface area contributed by atoms with Gasteiger partial charge in [-0.3, -0.25) is 9.59 Å². The van der Waals surface area contributed by atoms with E-state index in [0.717, 1.165) is 0 Å². The number of rotatable bonds is 4. The number of carboxylic acid groups (broad SMARTS) is 1. The molecule has 0 aromatic heterocycles. The third-order valence-electron chi connectivity index (χ3n) is 4.10. The molecule has 1 atom stereocenters. The fourth-order valence-corrected chi connectivity index (χ4v) is 2.90. The third-order valence-corrected chi connectivity index (χ3v) is 4.10. The molecule has 0 radical (unpaired) electrons. The largest absolute Gasteiger partial charge is 0.481 e. The molecule has 0 spiro atoms. The first-order valence-electron chi connectivity index (χ1n) is 7.19. The second kappa shape index (κ2) is 6.60. The topological polar surface area (TPSA) is 90.0 Å². The normalized spacial score (nSPS) is 23.2. The zero-order valence-electron chi connectivity index (χ0n) is 12.0. The van der Waals surface area contributed by atoms with Crippen LogP contribution in [0.2, 0.25) is 0 Å². The summed E-state index contributed by atoms with van der Waals surface area (Å²) in [4.78, 5) is 38.1. The first kappa shape index (κ1) is 15.3. The number of carboxylic acids is 1. The van der Waals surface area contributed by atoms with E-state index in [-0.39, 0.29) is 24.4 Å². The van der Waals surface area contributed by atoms with Gasteiger partial charge in [-0.1, -0.05) is 6.08 Å². The number of carbonyl (C=O) groups is 3. The van der Waals surface area contributed by atoms with Gasteiger partial charge in [0.15, 0.2) is 0 Å². The van der Waals surface area contributed by atoms with E-state index in [1.165, 1.54) is 0 Å². The molecule has 2 rings (SSSR count). The Kier molecular flexibility index (Phi) is 4.82. The van der Waals surface area contributed by atoms with Crippen molar-refractivity contribution in [2.45, 2.75) is 25.3 Å². The summed E-state index contributed by atoms with van der Waals surface area (Å²) >= 11 is 0. The molecule has 116 valence electrons. The lowest BCUT2D eigenvalue weighted by molar-refractivity contribution is -0.141. The van der Waals surface area contributed by atoms with Gasteiger partial charge in [0.1, 0.15) is 0 Å². The van der Waals surface area contributed by atoms with E-state index in [2.05, 4.69) is 11.9 Å². The monoisotopic (exact) mass is 295 g/mol. The number of urea groups is 1. The number of likely N-dealkylation sites (tertiary alicyclic amines) is 2. The van der Waals surface area contributed by atoms with E-state index >= 15 is 0 Å². The Bertz CT molecular complexity index is 444. The maximum atomic E-state index is 11.9. The second-order valence-electron chi connectivity index (χ2n) is 5.48. The Labute approximate surface area is 123 Å². The SMILES string of the molecule is C=CCNC(=O)N1CCC(N2CC(C(=O)O)CC2=O)CC1. The number of piperidine rings is 1. The molecule has 0 aliphatic carbocycles. The molecule has 2 aliphatic rings. The highest BCUT2D eigenvalue weighted by Crippen LogP contribution is 2.25. The highest BCUT2D eigenvalue weighted by atomic mass is 16.4. The summed E-state index contributed by atoms with van der Waals surface area (Å²) in [6.07, 6.45) is 3.11. The molecular weight excluding hydrogens is 274 g/mol. The van der Waals surface area contributed by atoms with Crippen LogP contribution in [0.1, 0.15) is 19.3 Å². The summed E-state index contributed by atoms with van der Waals surface area (Å²) in [5.74, 6) is -1.59. The number of hydrogen-bond donors (Lipinski definition) is 2. The smallest absolute Gasteiger partial charge is 0.317 e. The minimum absolute atomic E-state index is 0.0466. The average molecular weight is 295 g/mol. The van der Waals surface area contributed by atoms with E-state index in [1.54, 1.807) is 15.9 Å². The maximum absolute atomic E-state index is 11.9. The van der Waals surface area contributed by atoms with Gasteiger partial charge in [0.2, 0.25) is 5.91 Å². The third kappa shape index (κ3) is 3.53. The van der Waals surface area contributed by atoms with Gasteiger partial charge in [0.05, 0.1) is 5.92 Å². The van der Waals surface area contributed by atoms with Crippen LogP contribution in [0.3, 0.4) is 0 Å². The number of amides is 3. The highest BCUT2D eigenvalue weighted by molar-refractivity contribution is 5.86. The molecule has 1 unspecified atom stereocenters. The molecule has 2 aliphatic heterocycles. The zero-order chi connectivity index (χ0) is 15.4. The van der Waals surface area contributed by atoms with Gasteiger partial charge in [-0.15, -0.1) is 6.58 Å². The lowest BCUT2D eigenvalue weighted by atomic mass is 10.0. The molecule has 0 bridgehead atoms. The molecule has 2 fully saturated rings. The van der Waals surface area contributed by atoms with Crippen LogP contribution in [-0.4, -0.2) is 65.0 Å². The van der Waals surface area contributed by atoms with Crippen molar-refractivity contribution in [3.05, 3.63) is 12.7 Å². The van der Waals surface area contributed by atoms with Gasteiger partial charge < -0.3 is 20.2 Å². The van der Waals surface area contributed by atoms with Crippen LogP contribution in [0, 0.1) is 5.92 Å². The van der Waals surface area contributed by atoms with E-state index in [0.29, 0.717) is 39.0 Å². The Morgan fingerprint density at radius 3 is 2.57 bits per heavy atom. The summed E-state index contributed by atoms with van der Waals surface area (Å²) in [6, 6.07) is -0.0742. The first-order chi connectivity index (χ1) is 10.0. The quantitative estimate of drug-likeness (QED) is 0.729. The van der Waals surface area contributed by atoms with Crippen molar-refractivity contribution in [2.24, 2.45) is 5.92 Å². The van der Waals surface area contributed by atoms with Crippen molar-refractivity contribution >= 4 is 17.9 Å². The standard InChI is InChI=1S/C14H21N3O4/c1-2-5-15-14(21)16-6-3-11(4-7-16)17-9-10(13(19)20)8-12(17)18/h2,10-11H,1,3-9H2,(H,15,21)(H,19,20). The molecule has 2 heterocycles. The maximum Gasteiger partial charge on any atom is 0.317 e. The predicted octanol–water partition coefficient (Wildman–Crippen LogP) is 0.279. The number of aliphatic carboxylic acids is 1. The number of carbonyl (C=O) groups excluding carboxylic acids is 2. The van der Waals surface area contributed by atoms with Crippen LogP contribution >= 0.6 is 0 Å². The van der Waals surface area contributed by atoms with Gasteiger partial charge in [0.25, 0.3) is 0 Å². The van der Waals surface area contributed by atoms with Crippen molar-refractivity contribution in [3.63, 3.8) is 0 Å². The average Bonchev–Trinajstić information content (AvgIpc) is 2.87. The summed E-state index contributed by atoms with van der Waals surface area (Å²) in [5, 5.41) is 11.7. The predicted molar refractivity (Wildman–Crippen MR) is 75.6 cm³/mol. The van der Waals surface area contributed by atoms with E-state index < -0.39 is 11.9 Å². The number of hydrogen-bond acceptors (Lipinski definition) is 3. The fourth-order valence-electron chi connectivity index (χ4n) is 2.90. The molecule has 0 saturated carbocycles. The summed E-state index contributed by atoms with van der Waals surface area (Å²) in [5.41, 5.74) is 0. The highest BCUT2D eigenvalue weighted by Gasteiger charge is 2.39. The molecule has 7 heteroatoms. The van der Waals surface area contributed by atoms with Crippen molar-refractivity contribution < 1.29 is 19.5 Å². The van der Waals surface area contributed by atoms with Crippen LogP contribution in [0.5, 0.6) is 0 Å². The molecule has 7 nitrogen and oxygen atoms in total. The van der Waals surface area contributed by atoms with Crippen molar-refractivity contribution in [1.82, 2.24) is 15.1 Å². The Hall–Kier alpha value is -2.05. The van der Waals surface area contributed by atoms with Gasteiger partial charge >= 0.3 is 12.0 Å². The summed E-state index contributed by atoms with van der Waals surface area (Å²) in [6.45, 7) is 5.43. The zero-order valence-corrected chi connectivity index (χ0v) is 12.0. The van der Waals surface area contributed by atoms with Gasteiger partial charge in [-0.05, 0) is 12.8 Å². The van der Waals surface area contributed by atoms with Crippen LogP contribution in [0.4, 0.5) is 4.79 Å². The van der Waals surface area contributed by atoms with Crippen molar-refractivity contribution in [2.75, 3.05) is 26.2 Å². The van der Waals surface area contributed by atoms with E-state index in [1.807, 2.05) is 0 Å². The second-order valence-corrected chi connectivity index (χ2v) is 5.48. The van der Waals surface area contributed by atoms with Crippen molar-refractivity contribution in [3.8, 4) is 0 Å². The van der Waals surface area contributed by atoms with E-state index in [9.17, 15) is 14.4 Å². The minimum atomic E-state index is -0.910. The Balaban J connectivity index is 1.84. The fraction of sp³-hybridized carbons (Fsp3) is 0.643. The first-order valence-corrected chi connectivity index (χ1v) is 7.19. The molecule has 2 N–H and O–H groups in total. The number of nitrogens with one attached hydrogen (secondary N) is 1.